The fourth-order valence-electron chi connectivity index (χ4n) is 2.31. The molecule has 2 N–H and O–H groups in total. The van der Waals surface area contributed by atoms with Crippen molar-refractivity contribution in [2.75, 3.05) is 6.26 Å². The maximum atomic E-state index is 13.4. The molecule has 0 saturated heterocycles. The molecule has 134 valence electrons. The zero-order chi connectivity index (χ0) is 18.2. The lowest BCUT2D eigenvalue weighted by Gasteiger charge is -2.23. The van der Waals surface area contributed by atoms with Crippen LogP contribution in [0.25, 0.3) is 16.1 Å². The monoisotopic (exact) mass is 392 g/mol. The van der Waals surface area contributed by atoms with Crippen molar-refractivity contribution < 1.29 is 22.0 Å². The maximum Gasteiger partial charge on any atom is 0.455 e. The summed E-state index contributed by atoms with van der Waals surface area (Å²) >= 11 is 2.93. The Bertz CT molecular complexity index is 781. The van der Waals surface area contributed by atoms with Crippen molar-refractivity contribution >= 4 is 28.8 Å². The number of hydrazine groups is 1. The van der Waals surface area contributed by atoms with Crippen molar-refractivity contribution in [1.82, 2.24) is 10.9 Å². The summed E-state index contributed by atoms with van der Waals surface area (Å²) in [6.07, 6.45) is -2.77. The summed E-state index contributed by atoms with van der Waals surface area (Å²) in [7, 11) is 0. The molecule has 1 aromatic carbocycles. The first-order valence-electron chi connectivity index (χ1n) is 7.15. The van der Waals surface area contributed by atoms with Gasteiger partial charge in [-0.25, -0.2) is 5.43 Å². The summed E-state index contributed by atoms with van der Waals surface area (Å²) in [6.45, 7) is 0. The highest BCUT2D eigenvalue weighted by atomic mass is 32.2. The van der Waals surface area contributed by atoms with Gasteiger partial charge in [0.2, 0.25) is 0 Å². The first kappa shape index (κ1) is 18.2. The zero-order valence-electron chi connectivity index (χ0n) is 12.8. The molecule has 1 atom stereocenters. The van der Waals surface area contributed by atoms with E-state index < -0.39 is 18.1 Å². The lowest BCUT2D eigenvalue weighted by atomic mass is 10.1. The van der Waals surface area contributed by atoms with Crippen LogP contribution in [0.15, 0.2) is 47.4 Å². The standard InChI is InChI=1S/C16H13F5N2S2/c1-24-10-4-2-9(3-5-10)12-6-7-13(25-12)11-8-14(23-22-11)15(17,18)16(19,20)21/h2-8,14,22-23H,1H3. The number of thiophene rings is 1. The predicted octanol–water partition coefficient (Wildman–Crippen LogP) is 5.15. The predicted molar refractivity (Wildman–Crippen MR) is 90.6 cm³/mol. The van der Waals surface area contributed by atoms with Crippen LogP contribution in [0.3, 0.4) is 0 Å². The third kappa shape index (κ3) is 3.54. The number of thioether (sulfide) groups is 1. The summed E-state index contributed by atoms with van der Waals surface area (Å²) in [6, 6.07) is 9.17. The lowest BCUT2D eigenvalue weighted by molar-refractivity contribution is -0.287. The molecule has 25 heavy (non-hydrogen) atoms. The molecule has 9 heteroatoms. The number of nitrogens with one attached hydrogen (secondary N) is 2. The molecular weight excluding hydrogens is 379 g/mol. The number of rotatable bonds is 4. The fourth-order valence-corrected chi connectivity index (χ4v) is 3.71. The molecule has 1 aliphatic heterocycles. The molecule has 0 spiro atoms. The van der Waals surface area contributed by atoms with Gasteiger partial charge in [-0.15, -0.1) is 23.1 Å². The third-order valence-corrected chi connectivity index (χ3v) is 5.62. The Labute approximate surface area is 149 Å². The van der Waals surface area contributed by atoms with Crippen LogP contribution < -0.4 is 10.9 Å². The normalized spacial score (nSPS) is 18.2. The van der Waals surface area contributed by atoms with Crippen molar-refractivity contribution in [2.24, 2.45) is 0 Å². The quantitative estimate of drug-likeness (QED) is 0.556. The van der Waals surface area contributed by atoms with E-state index in [1.54, 1.807) is 17.8 Å². The Kier molecular flexibility index (Phi) is 4.82. The summed E-state index contributed by atoms with van der Waals surface area (Å²) < 4.78 is 64.2. The second-order valence-electron chi connectivity index (χ2n) is 5.34. The molecule has 0 radical (unpaired) electrons. The minimum absolute atomic E-state index is 0.214. The molecule has 2 aromatic rings. The smallest absolute Gasteiger partial charge is 0.320 e. The topological polar surface area (TPSA) is 24.1 Å². The molecule has 1 unspecified atom stereocenters. The van der Waals surface area contributed by atoms with Crippen LogP contribution in [0, 0.1) is 0 Å². The molecule has 0 amide bonds. The molecule has 1 aliphatic rings. The number of hydrogen-bond donors (Lipinski definition) is 2. The highest BCUT2D eigenvalue weighted by Crippen LogP contribution is 2.41. The van der Waals surface area contributed by atoms with Crippen LogP contribution in [-0.2, 0) is 0 Å². The van der Waals surface area contributed by atoms with Gasteiger partial charge >= 0.3 is 12.1 Å². The maximum absolute atomic E-state index is 13.4. The third-order valence-electron chi connectivity index (χ3n) is 3.71. The van der Waals surface area contributed by atoms with E-state index in [0.29, 0.717) is 4.88 Å². The number of benzene rings is 1. The summed E-state index contributed by atoms with van der Waals surface area (Å²) in [4.78, 5) is 2.59. The van der Waals surface area contributed by atoms with E-state index in [4.69, 9.17) is 0 Å². The average Bonchev–Trinajstić information content (AvgIpc) is 3.23. The minimum Gasteiger partial charge on any atom is -0.320 e. The SMILES string of the molecule is CSc1ccc(-c2ccc(C3=CC(C(F)(F)C(F)(F)F)NN3)s2)cc1. The Hall–Kier alpha value is -1.58. The molecule has 3 rings (SSSR count). The molecule has 0 fully saturated rings. The van der Waals surface area contributed by atoms with Gasteiger partial charge in [0.25, 0.3) is 0 Å². The first-order valence-corrected chi connectivity index (χ1v) is 9.19. The Balaban J connectivity index is 1.82. The zero-order valence-corrected chi connectivity index (χ0v) is 14.5. The van der Waals surface area contributed by atoms with Gasteiger partial charge in [0.05, 0.1) is 10.6 Å². The van der Waals surface area contributed by atoms with Crippen molar-refractivity contribution in [1.29, 1.82) is 0 Å². The molecule has 0 aliphatic carbocycles. The average molecular weight is 392 g/mol. The summed E-state index contributed by atoms with van der Waals surface area (Å²) in [5.41, 5.74) is 5.60. The van der Waals surface area contributed by atoms with E-state index in [1.165, 1.54) is 11.3 Å². The Morgan fingerprint density at radius 2 is 1.60 bits per heavy atom. The van der Waals surface area contributed by atoms with Gasteiger partial charge in [0.1, 0.15) is 6.04 Å². The van der Waals surface area contributed by atoms with Crippen molar-refractivity contribution in [3.05, 3.63) is 47.4 Å². The van der Waals surface area contributed by atoms with Gasteiger partial charge in [-0.3, -0.25) is 0 Å². The van der Waals surface area contributed by atoms with Crippen LogP contribution >= 0.6 is 23.1 Å². The van der Waals surface area contributed by atoms with Crippen molar-refractivity contribution in [3.8, 4) is 10.4 Å². The van der Waals surface area contributed by atoms with Crippen molar-refractivity contribution in [3.63, 3.8) is 0 Å². The molecule has 0 bridgehead atoms. The number of halogens is 5. The van der Waals surface area contributed by atoms with Crippen LogP contribution in [0.2, 0.25) is 0 Å². The summed E-state index contributed by atoms with van der Waals surface area (Å²) in [5.74, 6) is -4.85. The van der Waals surface area contributed by atoms with Crippen LogP contribution in [0.5, 0.6) is 0 Å². The van der Waals surface area contributed by atoms with Gasteiger partial charge in [-0.05, 0) is 42.2 Å². The molecule has 0 saturated carbocycles. The van der Waals surface area contributed by atoms with Crippen LogP contribution in [0.1, 0.15) is 4.88 Å². The highest BCUT2D eigenvalue weighted by molar-refractivity contribution is 7.98. The van der Waals surface area contributed by atoms with E-state index >= 15 is 0 Å². The van der Waals surface area contributed by atoms with Gasteiger partial charge in [0.15, 0.2) is 0 Å². The Morgan fingerprint density at radius 3 is 2.20 bits per heavy atom. The molecular formula is C16H13F5N2S2. The van der Waals surface area contributed by atoms with Crippen molar-refractivity contribution in [2.45, 2.75) is 23.0 Å². The highest BCUT2D eigenvalue weighted by Gasteiger charge is 2.62. The molecule has 2 nitrogen and oxygen atoms in total. The van der Waals surface area contributed by atoms with E-state index in [2.05, 4.69) is 5.43 Å². The summed E-state index contributed by atoms with van der Waals surface area (Å²) in [5, 5.41) is 0. The Morgan fingerprint density at radius 1 is 0.960 bits per heavy atom. The number of alkyl halides is 5. The molecule has 1 aromatic heterocycles. The molecule has 2 heterocycles. The first-order chi connectivity index (χ1) is 11.7. The largest absolute Gasteiger partial charge is 0.455 e. The van der Waals surface area contributed by atoms with Gasteiger partial charge in [-0.1, -0.05) is 12.1 Å². The number of hydrogen-bond acceptors (Lipinski definition) is 4. The van der Waals surface area contributed by atoms with Gasteiger partial charge in [-0.2, -0.15) is 22.0 Å². The van der Waals surface area contributed by atoms with E-state index in [0.717, 1.165) is 21.4 Å². The minimum atomic E-state index is -5.61. The van der Waals surface area contributed by atoms with E-state index in [1.807, 2.05) is 42.0 Å². The second kappa shape index (κ2) is 6.62. The van der Waals surface area contributed by atoms with Gasteiger partial charge < -0.3 is 5.43 Å². The fraction of sp³-hybridized carbons (Fsp3) is 0.250. The van der Waals surface area contributed by atoms with E-state index in [9.17, 15) is 22.0 Å². The van der Waals surface area contributed by atoms with Crippen LogP contribution in [0.4, 0.5) is 22.0 Å². The lowest BCUT2D eigenvalue weighted by Crippen LogP contribution is -2.53. The van der Waals surface area contributed by atoms with E-state index in [-0.39, 0.29) is 5.70 Å². The second-order valence-corrected chi connectivity index (χ2v) is 7.30. The van der Waals surface area contributed by atoms with Crippen LogP contribution in [-0.4, -0.2) is 24.4 Å². The van der Waals surface area contributed by atoms with Gasteiger partial charge in [0, 0.05) is 9.77 Å².